The molecule has 1 aliphatic heterocycles. The van der Waals surface area contributed by atoms with E-state index in [0.717, 1.165) is 43.9 Å². The molecule has 0 spiro atoms. The largest absolute Gasteiger partial charge is 0.322 e. The lowest BCUT2D eigenvalue weighted by molar-refractivity contribution is 0.102. The lowest BCUT2D eigenvalue weighted by atomic mass is 9.95. The highest BCUT2D eigenvalue weighted by Crippen LogP contribution is 2.32. The number of piperazine rings is 1. The molecule has 0 radical (unpaired) electrons. The summed E-state index contributed by atoms with van der Waals surface area (Å²) in [5.74, 6) is -0.453. The van der Waals surface area contributed by atoms with Crippen LogP contribution in [-0.4, -0.2) is 58.7 Å². The van der Waals surface area contributed by atoms with E-state index in [0.29, 0.717) is 16.9 Å². The lowest BCUT2D eigenvalue weighted by Gasteiger charge is -2.32. The van der Waals surface area contributed by atoms with Gasteiger partial charge < -0.3 is 10.2 Å². The molecule has 4 aromatic rings. The molecule has 7 heteroatoms. The zero-order valence-electron chi connectivity index (χ0n) is 21.2. The number of benzene rings is 3. The van der Waals surface area contributed by atoms with Crippen molar-refractivity contribution in [2.75, 3.05) is 38.5 Å². The van der Waals surface area contributed by atoms with Crippen molar-refractivity contribution in [3.63, 3.8) is 0 Å². The monoisotopic (exact) mass is 493 g/mol. The van der Waals surface area contributed by atoms with Gasteiger partial charge in [-0.05, 0) is 30.3 Å². The van der Waals surface area contributed by atoms with E-state index >= 15 is 0 Å². The summed E-state index contributed by atoms with van der Waals surface area (Å²) in [6.45, 7) is 5.12. The van der Waals surface area contributed by atoms with Crippen LogP contribution in [0.4, 0.5) is 5.69 Å². The highest BCUT2D eigenvalue weighted by molar-refractivity contribution is 6.10. The number of nitrogens with one attached hydrogen (secondary N) is 1. The Kier molecular flexibility index (Phi) is 7.25. The molecule has 0 aliphatic carbocycles. The van der Waals surface area contributed by atoms with Crippen LogP contribution in [0.25, 0.3) is 22.4 Å². The van der Waals surface area contributed by atoms with E-state index in [9.17, 15) is 9.59 Å². The third kappa shape index (κ3) is 5.53. The summed E-state index contributed by atoms with van der Waals surface area (Å²) in [5, 5.41) is 7.51. The van der Waals surface area contributed by atoms with Crippen LogP contribution >= 0.6 is 0 Å². The first-order valence-corrected chi connectivity index (χ1v) is 12.5. The van der Waals surface area contributed by atoms with Crippen molar-refractivity contribution < 1.29 is 4.79 Å². The molecule has 7 nitrogen and oxygen atoms in total. The molecule has 0 saturated carbocycles. The fraction of sp³-hybridized carbons (Fsp3) is 0.233. The summed E-state index contributed by atoms with van der Waals surface area (Å²) in [7, 11) is 3.73. The van der Waals surface area contributed by atoms with Gasteiger partial charge in [0, 0.05) is 56.6 Å². The number of anilines is 1. The maximum absolute atomic E-state index is 13.6. The van der Waals surface area contributed by atoms with E-state index in [1.165, 1.54) is 10.2 Å². The Morgan fingerprint density at radius 1 is 0.811 bits per heavy atom. The van der Waals surface area contributed by atoms with E-state index in [2.05, 4.69) is 27.3 Å². The minimum atomic E-state index is -0.453. The van der Waals surface area contributed by atoms with Crippen molar-refractivity contribution in [1.29, 1.82) is 0 Å². The van der Waals surface area contributed by atoms with Gasteiger partial charge in [-0.15, -0.1) is 0 Å². The molecule has 37 heavy (non-hydrogen) atoms. The normalized spacial score (nSPS) is 14.4. The number of likely N-dealkylation sites (N-methyl/N-ethyl adjacent to an activating group) is 1. The Balaban J connectivity index is 1.46. The second-order valence-corrected chi connectivity index (χ2v) is 9.49. The molecule has 188 valence electrons. The van der Waals surface area contributed by atoms with Crippen LogP contribution < -0.4 is 10.9 Å². The predicted molar refractivity (Wildman–Crippen MR) is 148 cm³/mol. The molecular formula is C30H31N5O2. The van der Waals surface area contributed by atoms with Crippen LogP contribution in [0.1, 0.15) is 15.9 Å². The predicted octanol–water partition coefficient (Wildman–Crippen LogP) is 4.11. The number of amides is 1. The van der Waals surface area contributed by atoms with Gasteiger partial charge >= 0.3 is 0 Å². The molecule has 3 aromatic carbocycles. The number of aromatic nitrogens is 2. The molecule has 1 saturated heterocycles. The van der Waals surface area contributed by atoms with Gasteiger partial charge in [-0.1, -0.05) is 72.8 Å². The molecule has 1 fully saturated rings. The SMILES string of the molecule is CN1CCN(Cc2ccc(NC(=O)c3c(-c4ccccc4)c(-c4ccccc4)nn(C)c3=O)cc2)CC1. The Hall–Kier alpha value is -4.07. The Morgan fingerprint density at radius 2 is 1.41 bits per heavy atom. The summed E-state index contributed by atoms with van der Waals surface area (Å²) in [6, 6.07) is 27.0. The minimum Gasteiger partial charge on any atom is -0.322 e. The van der Waals surface area contributed by atoms with Gasteiger partial charge in [0.15, 0.2) is 0 Å². The van der Waals surface area contributed by atoms with Crippen molar-refractivity contribution in [2.24, 2.45) is 7.05 Å². The first-order valence-electron chi connectivity index (χ1n) is 12.5. The fourth-order valence-corrected chi connectivity index (χ4v) is 4.68. The standard InChI is InChI=1S/C30H31N5O2/c1-33-17-19-35(20-18-33)21-22-13-15-25(16-14-22)31-29(36)27-26(23-9-5-3-6-10-23)28(32-34(2)30(27)37)24-11-7-4-8-12-24/h3-16H,17-21H2,1-2H3,(H,31,36). The zero-order valence-corrected chi connectivity index (χ0v) is 21.2. The highest BCUT2D eigenvalue weighted by Gasteiger charge is 2.24. The molecule has 0 bridgehead atoms. The smallest absolute Gasteiger partial charge is 0.280 e. The fourth-order valence-electron chi connectivity index (χ4n) is 4.68. The second-order valence-electron chi connectivity index (χ2n) is 9.49. The highest BCUT2D eigenvalue weighted by atomic mass is 16.2. The van der Waals surface area contributed by atoms with Gasteiger partial charge in [0.1, 0.15) is 5.56 Å². The van der Waals surface area contributed by atoms with Crippen molar-refractivity contribution in [3.8, 4) is 22.4 Å². The van der Waals surface area contributed by atoms with Gasteiger partial charge in [-0.3, -0.25) is 14.5 Å². The quantitative estimate of drug-likeness (QED) is 0.438. The number of carbonyl (C=O) groups is 1. The van der Waals surface area contributed by atoms with Crippen LogP contribution in [-0.2, 0) is 13.6 Å². The summed E-state index contributed by atoms with van der Waals surface area (Å²) in [5.41, 5.74) is 4.18. The third-order valence-electron chi connectivity index (χ3n) is 6.80. The second kappa shape index (κ2) is 10.9. The first kappa shape index (κ1) is 24.6. The van der Waals surface area contributed by atoms with Gasteiger partial charge in [-0.25, -0.2) is 4.68 Å². The number of nitrogens with zero attached hydrogens (tertiary/aromatic N) is 4. The van der Waals surface area contributed by atoms with Crippen LogP contribution in [0.2, 0.25) is 0 Å². The Labute approximate surface area is 217 Å². The average molecular weight is 494 g/mol. The van der Waals surface area contributed by atoms with Crippen LogP contribution in [0, 0.1) is 0 Å². The van der Waals surface area contributed by atoms with Gasteiger partial charge in [0.05, 0.1) is 5.69 Å². The molecule has 1 aromatic heterocycles. The number of hydrogen-bond acceptors (Lipinski definition) is 5. The van der Waals surface area contributed by atoms with E-state index in [-0.39, 0.29) is 5.56 Å². The van der Waals surface area contributed by atoms with Crippen LogP contribution in [0.5, 0.6) is 0 Å². The molecule has 2 heterocycles. The van der Waals surface area contributed by atoms with E-state index in [4.69, 9.17) is 0 Å². The maximum Gasteiger partial charge on any atom is 0.280 e. The molecular weight excluding hydrogens is 462 g/mol. The van der Waals surface area contributed by atoms with Crippen LogP contribution in [0.3, 0.4) is 0 Å². The van der Waals surface area contributed by atoms with E-state index in [1.807, 2.05) is 84.9 Å². The summed E-state index contributed by atoms with van der Waals surface area (Å²) < 4.78 is 1.24. The minimum absolute atomic E-state index is 0.0732. The van der Waals surface area contributed by atoms with E-state index < -0.39 is 11.5 Å². The molecule has 1 N–H and O–H groups in total. The molecule has 0 atom stereocenters. The van der Waals surface area contributed by atoms with Gasteiger partial charge in [0.25, 0.3) is 11.5 Å². The molecule has 1 aliphatic rings. The summed E-state index contributed by atoms with van der Waals surface area (Å²) in [4.78, 5) is 31.7. The topological polar surface area (TPSA) is 70.5 Å². The number of carbonyl (C=O) groups excluding carboxylic acids is 1. The Morgan fingerprint density at radius 3 is 2.03 bits per heavy atom. The molecule has 5 rings (SSSR count). The summed E-state index contributed by atoms with van der Waals surface area (Å²) >= 11 is 0. The third-order valence-corrected chi connectivity index (χ3v) is 6.80. The lowest BCUT2D eigenvalue weighted by Crippen LogP contribution is -2.43. The van der Waals surface area contributed by atoms with Crippen molar-refractivity contribution >= 4 is 11.6 Å². The number of hydrogen-bond donors (Lipinski definition) is 1. The first-order chi connectivity index (χ1) is 18.0. The summed E-state index contributed by atoms with van der Waals surface area (Å²) in [6.07, 6.45) is 0. The van der Waals surface area contributed by atoms with Gasteiger partial charge in [0.2, 0.25) is 0 Å². The molecule has 1 amide bonds. The maximum atomic E-state index is 13.6. The number of aryl methyl sites for hydroxylation is 1. The Bertz CT molecular complexity index is 1430. The van der Waals surface area contributed by atoms with Crippen molar-refractivity contribution in [3.05, 3.63) is 106 Å². The average Bonchev–Trinajstić information content (AvgIpc) is 2.93. The van der Waals surface area contributed by atoms with E-state index in [1.54, 1.807) is 7.05 Å². The van der Waals surface area contributed by atoms with Crippen LogP contribution in [0.15, 0.2) is 89.7 Å². The number of rotatable bonds is 6. The zero-order chi connectivity index (χ0) is 25.8. The molecule has 0 unspecified atom stereocenters. The van der Waals surface area contributed by atoms with Crippen molar-refractivity contribution in [1.82, 2.24) is 19.6 Å². The van der Waals surface area contributed by atoms with Gasteiger partial charge in [-0.2, -0.15) is 5.10 Å². The van der Waals surface area contributed by atoms with Crippen molar-refractivity contribution in [2.45, 2.75) is 6.54 Å².